The highest BCUT2D eigenvalue weighted by molar-refractivity contribution is 5.46. The van der Waals surface area contributed by atoms with Crippen LogP contribution in [0.3, 0.4) is 0 Å². The van der Waals surface area contributed by atoms with Gasteiger partial charge in [0.1, 0.15) is 0 Å². The van der Waals surface area contributed by atoms with Crippen molar-refractivity contribution in [2.75, 3.05) is 0 Å². The van der Waals surface area contributed by atoms with Gasteiger partial charge >= 0.3 is 6.41 Å². The van der Waals surface area contributed by atoms with Gasteiger partial charge < -0.3 is 0 Å². The molecule has 3 heteroatoms. The Morgan fingerprint density at radius 1 is 1.60 bits per heavy atom. The number of rotatable bonds is 4. The van der Waals surface area contributed by atoms with Crippen molar-refractivity contribution in [3.8, 4) is 0 Å². The summed E-state index contributed by atoms with van der Waals surface area (Å²) in [6.45, 7) is 5.78. The number of hydrogen-bond donors (Lipinski definition) is 1. The SMILES string of the molecule is CCC(C)C(C)N(O)[C]=O. The fourth-order valence-electron chi connectivity index (χ4n) is 0.665. The summed E-state index contributed by atoms with van der Waals surface area (Å²) in [7, 11) is 0. The zero-order chi connectivity index (χ0) is 8.15. The highest BCUT2D eigenvalue weighted by atomic mass is 16.5. The van der Waals surface area contributed by atoms with Gasteiger partial charge in [0.05, 0.1) is 6.04 Å². The van der Waals surface area contributed by atoms with Crippen LogP contribution < -0.4 is 0 Å². The minimum Gasteiger partial charge on any atom is -0.285 e. The second-order valence-corrected chi connectivity index (χ2v) is 2.56. The van der Waals surface area contributed by atoms with Gasteiger partial charge in [-0.2, -0.15) is 0 Å². The number of nitrogens with zero attached hydrogens (tertiary/aromatic N) is 1. The first-order chi connectivity index (χ1) is 4.63. The Labute approximate surface area is 61.6 Å². The number of amides is 1. The molecule has 2 atom stereocenters. The van der Waals surface area contributed by atoms with Gasteiger partial charge in [-0.3, -0.25) is 10.0 Å². The average molecular weight is 144 g/mol. The van der Waals surface area contributed by atoms with Gasteiger partial charge in [0, 0.05) is 0 Å². The summed E-state index contributed by atoms with van der Waals surface area (Å²) in [6, 6.07) is -0.137. The van der Waals surface area contributed by atoms with Crippen LogP contribution in [0, 0.1) is 5.92 Å². The Hall–Kier alpha value is -0.570. The Morgan fingerprint density at radius 2 is 2.10 bits per heavy atom. The van der Waals surface area contributed by atoms with Crippen molar-refractivity contribution >= 4 is 6.41 Å². The Bertz CT molecular complexity index is 106. The van der Waals surface area contributed by atoms with Crippen LogP contribution >= 0.6 is 0 Å². The monoisotopic (exact) mass is 144 g/mol. The van der Waals surface area contributed by atoms with Crippen molar-refractivity contribution in [1.29, 1.82) is 0 Å². The zero-order valence-corrected chi connectivity index (χ0v) is 6.66. The van der Waals surface area contributed by atoms with E-state index in [1.54, 1.807) is 6.92 Å². The molecule has 0 rings (SSSR count). The Balaban J connectivity index is 3.80. The smallest absolute Gasteiger partial charge is 0.285 e. The van der Waals surface area contributed by atoms with E-state index in [1.165, 1.54) is 6.41 Å². The fourth-order valence-corrected chi connectivity index (χ4v) is 0.665. The van der Waals surface area contributed by atoms with Crippen molar-refractivity contribution in [3.63, 3.8) is 0 Å². The predicted octanol–water partition coefficient (Wildman–Crippen LogP) is 1.18. The van der Waals surface area contributed by atoms with E-state index in [0.717, 1.165) is 6.42 Å². The van der Waals surface area contributed by atoms with E-state index in [9.17, 15) is 4.79 Å². The summed E-state index contributed by atoms with van der Waals surface area (Å²) < 4.78 is 0. The van der Waals surface area contributed by atoms with Crippen LogP contribution in [-0.2, 0) is 4.79 Å². The maximum Gasteiger partial charge on any atom is 0.337 e. The lowest BCUT2D eigenvalue weighted by molar-refractivity contribution is -0.0655. The lowest BCUT2D eigenvalue weighted by Gasteiger charge is -2.22. The fraction of sp³-hybridized carbons (Fsp3) is 0.857. The summed E-state index contributed by atoms with van der Waals surface area (Å²) in [5, 5.41) is 9.43. The third-order valence-corrected chi connectivity index (χ3v) is 1.95. The van der Waals surface area contributed by atoms with E-state index < -0.39 is 0 Å². The molecular weight excluding hydrogens is 130 g/mol. The maximum absolute atomic E-state index is 9.92. The average Bonchev–Trinajstić information content (AvgIpc) is 2.00. The molecule has 0 saturated carbocycles. The predicted molar refractivity (Wildman–Crippen MR) is 38.2 cm³/mol. The molecule has 0 aromatic rings. The zero-order valence-electron chi connectivity index (χ0n) is 6.66. The molecule has 0 aromatic carbocycles. The molecule has 0 heterocycles. The van der Waals surface area contributed by atoms with E-state index in [1.807, 2.05) is 13.8 Å². The van der Waals surface area contributed by atoms with Crippen molar-refractivity contribution in [2.45, 2.75) is 33.2 Å². The molecule has 0 spiro atoms. The van der Waals surface area contributed by atoms with Crippen molar-refractivity contribution in [1.82, 2.24) is 5.06 Å². The first kappa shape index (κ1) is 9.43. The summed E-state index contributed by atoms with van der Waals surface area (Å²) >= 11 is 0. The number of carbonyl (C=O) groups excluding carboxylic acids is 1. The van der Waals surface area contributed by atoms with Crippen molar-refractivity contribution < 1.29 is 10.0 Å². The molecule has 1 radical (unpaired) electrons. The van der Waals surface area contributed by atoms with Gasteiger partial charge in [-0.05, 0) is 12.8 Å². The first-order valence-corrected chi connectivity index (χ1v) is 3.49. The van der Waals surface area contributed by atoms with E-state index >= 15 is 0 Å². The van der Waals surface area contributed by atoms with Gasteiger partial charge in [0.2, 0.25) is 0 Å². The summed E-state index contributed by atoms with van der Waals surface area (Å²) in [4.78, 5) is 9.92. The molecule has 0 aliphatic heterocycles. The van der Waals surface area contributed by atoms with Crippen LogP contribution in [-0.4, -0.2) is 22.7 Å². The molecular formula is C7H14NO2. The lowest BCUT2D eigenvalue weighted by Crippen LogP contribution is -2.33. The Morgan fingerprint density at radius 3 is 2.40 bits per heavy atom. The normalized spacial score (nSPS) is 16.0. The lowest BCUT2D eigenvalue weighted by atomic mass is 10.0. The minimum atomic E-state index is -0.137. The molecule has 2 unspecified atom stereocenters. The molecule has 0 bridgehead atoms. The number of hydroxylamine groups is 2. The molecule has 0 aliphatic carbocycles. The highest BCUT2D eigenvalue weighted by Crippen LogP contribution is 2.10. The third-order valence-electron chi connectivity index (χ3n) is 1.95. The van der Waals surface area contributed by atoms with Crippen LogP contribution in [0.4, 0.5) is 0 Å². The summed E-state index contributed by atoms with van der Waals surface area (Å²) in [5.74, 6) is 0.312. The second kappa shape index (κ2) is 4.28. The molecule has 3 nitrogen and oxygen atoms in total. The first-order valence-electron chi connectivity index (χ1n) is 3.49. The molecule has 59 valence electrons. The van der Waals surface area contributed by atoms with Crippen LogP contribution in [0.25, 0.3) is 0 Å². The number of hydrogen-bond acceptors (Lipinski definition) is 2. The standard InChI is InChI=1S/C7H14NO2/c1-4-6(2)7(3)8(10)5-9/h6-7,10H,4H2,1-3H3. The van der Waals surface area contributed by atoms with Crippen LogP contribution in [0.5, 0.6) is 0 Å². The van der Waals surface area contributed by atoms with Crippen LogP contribution in [0.15, 0.2) is 0 Å². The van der Waals surface area contributed by atoms with E-state index in [4.69, 9.17) is 5.21 Å². The van der Waals surface area contributed by atoms with Crippen LogP contribution in [0.1, 0.15) is 27.2 Å². The molecule has 0 fully saturated rings. The second-order valence-electron chi connectivity index (χ2n) is 2.56. The van der Waals surface area contributed by atoms with E-state index in [2.05, 4.69) is 0 Å². The summed E-state index contributed by atoms with van der Waals surface area (Å²) in [6.07, 6.45) is 2.36. The molecule has 0 aliphatic rings. The summed E-state index contributed by atoms with van der Waals surface area (Å²) in [5.41, 5.74) is 0. The molecule has 0 aromatic heterocycles. The largest absolute Gasteiger partial charge is 0.337 e. The van der Waals surface area contributed by atoms with Crippen molar-refractivity contribution in [2.24, 2.45) is 5.92 Å². The highest BCUT2D eigenvalue weighted by Gasteiger charge is 2.15. The Kier molecular flexibility index (Phi) is 4.03. The molecule has 0 saturated heterocycles. The molecule has 10 heavy (non-hydrogen) atoms. The minimum absolute atomic E-state index is 0.137. The topological polar surface area (TPSA) is 40.5 Å². The quantitative estimate of drug-likeness (QED) is 0.365. The van der Waals surface area contributed by atoms with Gasteiger partial charge in [-0.1, -0.05) is 20.3 Å². The van der Waals surface area contributed by atoms with Crippen LogP contribution in [0.2, 0.25) is 0 Å². The molecule has 1 N–H and O–H groups in total. The third kappa shape index (κ3) is 2.35. The van der Waals surface area contributed by atoms with Gasteiger partial charge in [0.25, 0.3) is 0 Å². The van der Waals surface area contributed by atoms with E-state index in [0.29, 0.717) is 11.0 Å². The molecule has 1 amide bonds. The maximum atomic E-state index is 9.92. The van der Waals surface area contributed by atoms with Gasteiger partial charge in [-0.25, -0.2) is 5.06 Å². The van der Waals surface area contributed by atoms with Crippen molar-refractivity contribution in [3.05, 3.63) is 0 Å². The van der Waals surface area contributed by atoms with E-state index in [-0.39, 0.29) is 6.04 Å². The van der Waals surface area contributed by atoms with Gasteiger partial charge in [0.15, 0.2) is 0 Å². The van der Waals surface area contributed by atoms with Gasteiger partial charge in [-0.15, -0.1) is 0 Å².